The molecule has 4 aromatic rings. The Labute approximate surface area is 192 Å². The predicted octanol–water partition coefficient (Wildman–Crippen LogP) is 4.52. The van der Waals surface area contributed by atoms with Crippen molar-refractivity contribution in [1.29, 1.82) is 0 Å². The third-order valence-corrected chi connectivity index (χ3v) is 5.89. The Kier molecular flexibility index (Phi) is 6.66. The lowest BCUT2D eigenvalue weighted by Gasteiger charge is -2.15. The average molecular weight is 469 g/mol. The molecule has 1 unspecified atom stereocenters. The summed E-state index contributed by atoms with van der Waals surface area (Å²) in [5.74, 6) is 0.0292. The first kappa shape index (κ1) is 22.4. The van der Waals surface area contributed by atoms with Gasteiger partial charge in [0, 0.05) is 43.7 Å². The minimum atomic E-state index is -0.851. The molecule has 0 radical (unpaired) electrons. The molecular formula is C23H21FN4O4S. The molecule has 1 atom stereocenters. The highest BCUT2D eigenvalue weighted by molar-refractivity contribution is 7.22. The molecule has 0 saturated heterocycles. The van der Waals surface area contributed by atoms with E-state index in [1.165, 1.54) is 30.6 Å². The van der Waals surface area contributed by atoms with Crippen LogP contribution in [0, 0.1) is 5.82 Å². The quantitative estimate of drug-likeness (QED) is 0.364. The lowest BCUT2D eigenvalue weighted by molar-refractivity contribution is 0.0442. The molecule has 0 bridgehead atoms. The number of thiophene rings is 1. The van der Waals surface area contributed by atoms with E-state index in [1.54, 1.807) is 24.5 Å². The maximum Gasteiger partial charge on any atom is 0.404 e. The monoisotopic (exact) mass is 468 g/mol. The van der Waals surface area contributed by atoms with E-state index in [0.29, 0.717) is 23.4 Å². The smallest absolute Gasteiger partial charge is 0.404 e. The van der Waals surface area contributed by atoms with Gasteiger partial charge in [0.1, 0.15) is 11.9 Å². The van der Waals surface area contributed by atoms with Crippen LogP contribution in [-0.4, -0.2) is 35.9 Å². The van der Waals surface area contributed by atoms with Gasteiger partial charge in [0.2, 0.25) is 0 Å². The van der Waals surface area contributed by atoms with Crippen molar-refractivity contribution in [2.45, 2.75) is 12.5 Å². The minimum absolute atomic E-state index is 0.0814. The van der Waals surface area contributed by atoms with E-state index in [9.17, 15) is 9.18 Å². The molecule has 0 aliphatic rings. The molecule has 3 aromatic heterocycles. The van der Waals surface area contributed by atoms with Gasteiger partial charge in [0.15, 0.2) is 11.6 Å². The molecule has 33 heavy (non-hydrogen) atoms. The number of primary amides is 1. The second-order valence-corrected chi connectivity index (χ2v) is 8.25. The molecule has 0 fully saturated rings. The van der Waals surface area contributed by atoms with Crippen molar-refractivity contribution in [2.75, 3.05) is 19.5 Å². The number of rotatable bonds is 8. The number of carbonyl (C=O) groups is 1. The van der Waals surface area contributed by atoms with E-state index in [-0.39, 0.29) is 12.4 Å². The van der Waals surface area contributed by atoms with Gasteiger partial charge >= 0.3 is 6.09 Å². The van der Waals surface area contributed by atoms with Crippen LogP contribution in [0.25, 0.3) is 20.8 Å². The van der Waals surface area contributed by atoms with E-state index in [4.69, 9.17) is 25.7 Å². The molecule has 8 nitrogen and oxygen atoms in total. The standard InChI is InChI=1S/C23H21FN4O4S/c1-30-12-15(31-23(26)29)8-13-2-4-17(28-11-13)21-10-18-22(33-21)20(6-7-27-18)32-19-5-3-14(25)9-16(19)24/h2-7,9-11,15H,8,12,25H2,1H3,(H2,26,29). The number of aromatic nitrogens is 2. The number of hydrogen-bond donors (Lipinski definition) is 2. The summed E-state index contributed by atoms with van der Waals surface area (Å²) in [5.41, 5.74) is 13.4. The highest BCUT2D eigenvalue weighted by Crippen LogP contribution is 2.39. The number of halogens is 1. The van der Waals surface area contributed by atoms with E-state index in [2.05, 4.69) is 9.97 Å². The molecule has 1 aromatic carbocycles. The highest BCUT2D eigenvalue weighted by Gasteiger charge is 2.16. The fourth-order valence-corrected chi connectivity index (χ4v) is 4.32. The number of nitrogens with zero attached hydrogens (tertiary/aromatic N) is 2. The maximum atomic E-state index is 14.2. The lowest BCUT2D eigenvalue weighted by Crippen LogP contribution is -2.28. The minimum Gasteiger partial charge on any atom is -0.453 e. The first-order valence-corrected chi connectivity index (χ1v) is 10.8. The number of hydrogen-bond acceptors (Lipinski definition) is 8. The van der Waals surface area contributed by atoms with Gasteiger partial charge in [0.05, 0.1) is 27.4 Å². The molecule has 0 aliphatic carbocycles. The van der Waals surface area contributed by atoms with Gasteiger partial charge in [-0.3, -0.25) is 9.97 Å². The maximum absolute atomic E-state index is 14.2. The third-order valence-electron chi connectivity index (χ3n) is 4.73. The van der Waals surface area contributed by atoms with Crippen LogP contribution in [0.2, 0.25) is 0 Å². The van der Waals surface area contributed by atoms with Crippen molar-refractivity contribution in [3.63, 3.8) is 0 Å². The molecule has 0 spiro atoms. The molecule has 10 heteroatoms. The molecule has 4 rings (SSSR count). The largest absolute Gasteiger partial charge is 0.453 e. The van der Waals surface area contributed by atoms with Crippen molar-refractivity contribution in [2.24, 2.45) is 5.73 Å². The number of carbonyl (C=O) groups excluding carboxylic acids is 1. The Morgan fingerprint density at radius 2 is 2.00 bits per heavy atom. The number of nitrogens with two attached hydrogens (primary N) is 2. The van der Waals surface area contributed by atoms with Crippen LogP contribution >= 0.6 is 11.3 Å². The Morgan fingerprint density at radius 1 is 1.15 bits per heavy atom. The van der Waals surface area contributed by atoms with Gasteiger partial charge in [0.25, 0.3) is 0 Å². The van der Waals surface area contributed by atoms with Crippen molar-refractivity contribution < 1.29 is 23.4 Å². The van der Waals surface area contributed by atoms with Crippen LogP contribution in [0.15, 0.2) is 54.9 Å². The third kappa shape index (κ3) is 5.36. The number of benzene rings is 1. The Bertz CT molecular complexity index is 1280. The summed E-state index contributed by atoms with van der Waals surface area (Å²) >= 11 is 1.44. The van der Waals surface area contributed by atoms with Crippen molar-refractivity contribution >= 4 is 33.3 Å². The number of anilines is 1. The zero-order valence-corrected chi connectivity index (χ0v) is 18.5. The van der Waals surface area contributed by atoms with Crippen LogP contribution < -0.4 is 16.2 Å². The lowest BCUT2D eigenvalue weighted by atomic mass is 10.1. The zero-order valence-electron chi connectivity index (χ0n) is 17.7. The summed E-state index contributed by atoms with van der Waals surface area (Å²) in [6, 6.07) is 11.6. The van der Waals surface area contributed by atoms with Gasteiger partial charge in [-0.05, 0) is 29.8 Å². The summed E-state index contributed by atoms with van der Waals surface area (Å²) in [6.07, 6.45) is 2.39. The van der Waals surface area contributed by atoms with Crippen LogP contribution in [0.4, 0.5) is 14.9 Å². The zero-order chi connectivity index (χ0) is 23.4. The first-order chi connectivity index (χ1) is 15.9. The number of fused-ring (bicyclic) bond motifs is 1. The molecule has 4 N–H and O–H groups in total. The van der Waals surface area contributed by atoms with E-state index < -0.39 is 18.0 Å². The molecule has 0 saturated carbocycles. The van der Waals surface area contributed by atoms with Gasteiger partial charge in [-0.25, -0.2) is 9.18 Å². The summed E-state index contributed by atoms with van der Waals surface area (Å²) < 4.78 is 30.9. The van der Waals surface area contributed by atoms with Crippen molar-refractivity contribution in [3.8, 4) is 22.1 Å². The van der Waals surface area contributed by atoms with Gasteiger partial charge in [-0.2, -0.15) is 0 Å². The normalized spacial score (nSPS) is 11.9. The van der Waals surface area contributed by atoms with Crippen LogP contribution in [0.3, 0.4) is 0 Å². The number of ether oxygens (including phenoxy) is 3. The van der Waals surface area contributed by atoms with Crippen LogP contribution in [0.1, 0.15) is 5.56 Å². The summed E-state index contributed by atoms with van der Waals surface area (Å²) in [4.78, 5) is 20.9. The number of pyridine rings is 2. The van der Waals surface area contributed by atoms with E-state index in [1.807, 2.05) is 18.2 Å². The number of amides is 1. The van der Waals surface area contributed by atoms with E-state index >= 15 is 0 Å². The second-order valence-electron chi connectivity index (χ2n) is 7.20. The molecule has 170 valence electrons. The first-order valence-electron chi connectivity index (χ1n) is 9.94. The van der Waals surface area contributed by atoms with Gasteiger partial charge in [-0.1, -0.05) is 6.07 Å². The Balaban J connectivity index is 1.56. The van der Waals surface area contributed by atoms with E-state index in [0.717, 1.165) is 20.8 Å². The average Bonchev–Trinajstić information content (AvgIpc) is 3.21. The highest BCUT2D eigenvalue weighted by atomic mass is 32.1. The predicted molar refractivity (Wildman–Crippen MR) is 124 cm³/mol. The molecule has 0 aliphatic heterocycles. The molecular weight excluding hydrogens is 447 g/mol. The fraction of sp³-hybridized carbons (Fsp3) is 0.174. The topological polar surface area (TPSA) is 123 Å². The second kappa shape index (κ2) is 9.80. The fourth-order valence-electron chi connectivity index (χ4n) is 3.28. The summed E-state index contributed by atoms with van der Waals surface area (Å²) in [6.45, 7) is 0.226. The van der Waals surface area contributed by atoms with Gasteiger partial charge < -0.3 is 25.7 Å². The Hall–Kier alpha value is -3.76. The SMILES string of the molecule is COCC(Cc1ccc(-c2cc3nccc(Oc4ccc(N)cc4F)c3s2)nc1)OC(N)=O. The van der Waals surface area contributed by atoms with Gasteiger partial charge in [-0.15, -0.1) is 11.3 Å². The number of nitrogen functional groups attached to an aromatic ring is 1. The van der Waals surface area contributed by atoms with Crippen LogP contribution in [-0.2, 0) is 15.9 Å². The molecule has 1 amide bonds. The van der Waals surface area contributed by atoms with Crippen molar-refractivity contribution in [3.05, 3.63) is 66.2 Å². The summed E-state index contributed by atoms with van der Waals surface area (Å²) in [7, 11) is 1.52. The number of methoxy groups -OCH3 is 1. The van der Waals surface area contributed by atoms with Crippen molar-refractivity contribution in [1.82, 2.24) is 9.97 Å². The Morgan fingerprint density at radius 3 is 2.70 bits per heavy atom. The van der Waals surface area contributed by atoms with Crippen LogP contribution in [0.5, 0.6) is 11.5 Å². The summed E-state index contributed by atoms with van der Waals surface area (Å²) in [5, 5.41) is 0. The molecule has 3 heterocycles.